The fourth-order valence-electron chi connectivity index (χ4n) is 2.87. The number of aromatic nitrogens is 5. The van der Waals surface area contributed by atoms with Gasteiger partial charge in [0.15, 0.2) is 5.69 Å². The molecule has 30 heavy (non-hydrogen) atoms. The number of halogens is 3. The van der Waals surface area contributed by atoms with E-state index in [9.17, 15) is 9.18 Å². The summed E-state index contributed by atoms with van der Waals surface area (Å²) in [5, 5.41) is 15.7. The third-order valence-corrected chi connectivity index (χ3v) is 4.91. The fourth-order valence-corrected chi connectivity index (χ4v) is 3.26. The first-order valence-corrected chi connectivity index (χ1v) is 9.55. The van der Waals surface area contributed by atoms with E-state index in [1.807, 2.05) is 0 Å². The van der Waals surface area contributed by atoms with Crippen LogP contribution in [0.3, 0.4) is 0 Å². The van der Waals surface area contributed by atoms with Crippen molar-refractivity contribution in [2.75, 3.05) is 5.32 Å². The highest BCUT2D eigenvalue weighted by molar-refractivity contribution is 6.31. The van der Waals surface area contributed by atoms with Gasteiger partial charge in [-0.2, -0.15) is 10.2 Å². The molecule has 154 valence electrons. The molecule has 0 aliphatic heterocycles. The normalized spacial score (nSPS) is 11.1. The molecular weight excluding hydrogens is 434 g/mol. The van der Waals surface area contributed by atoms with Gasteiger partial charge in [0.1, 0.15) is 11.6 Å². The highest BCUT2D eigenvalue weighted by atomic mass is 35.5. The van der Waals surface area contributed by atoms with Crippen LogP contribution >= 0.6 is 23.2 Å². The predicted molar refractivity (Wildman–Crippen MR) is 108 cm³/mol. The summed E-state index contributed by atoms with van der Waals surface area (Å²) in [7, 11) is 0. The Labute approximate surface area is 180 Å². The van der Waals surface area contributed by atoms with Crippen LogP contribution in [-0.2, 0) is 13.1 Å². The highest BCUT2D eigenvalue weighted by Crippen LogP contribution is 2.20. The molecule has 0 aliphatic carbocycles. The van der Waals surface area contributed by atoms with E-state index in [4.69, 9.17) is 27.7 Å². The van der Waals surface area contributed by atoms with E-state index in [2.05, 4.69) is 20.7 Å². The molecule has 8 nitrogen and oxygen atoms in total. The van der Waals surface area contributed by atoms with Gasteiger partial charge in [-0.25, -0.2) is 4.39 Å². The van der Waals surface area contributed by atoms with Crippen LogP contribution in [0.2, 0.25) is 10.0 Å². The van der Waals surface area contributed by atoms with Gasteiger partial charge in [0.05, 0.1) is 36.2 Å². The monoisotopic (exact) mass is 448 g/mol. The number of nitrogens with one attached hydrogen (secondary N) is 1. The van der Waals surface area contributed by atoms with Crippen molar-refractivity contribution in [3.63, 3.8) is 0 Å². The summed E-state index contributed by atoms with van der Waals surface area (Å²) in [4.78, 5) is 12.7. The van der Waals surface area contributed by atoms with Crippen molar-refractivity contribution in [3.8, 4) is 0 Å². The van der Waals surface area contributed by atoms with Gasteiger partial charge in [-0.05, 0) is 24.6 Å². The molecule has 0 saturated carbocycles. The van der Waals surface area contributed by atoms with E-state index in [0.29, 0.717) is 39.2 Å². The van der Waals surface area contributed by atoms with Crippen molar-refractivity contribution in [1.29, 1.82) is 0 Å². The Morgan fingerprint density at radius 1 is 1.17 bits per heavy atom. The van der Waals surface area contributed by atoms with Gasteiger partial charge in [-0.1, -0.05) is 34.4 Å². The molecule has 0 aliphatic rings. The maximum absolute atomic E-state index is 13.2. The van der Waals surface area contributed by atoms with Gasteiger partial charge in [-0.3, -0.25) is 14.2 Å². The minimum absolute atomic E-state index is 0.147. The molecule has 0 spiro atoms. The first kappa shape index (κ1) is 20.1. The number of hydrogen-bond acceptors (Lipinski definition) is 5. The molecule has 0 atom stereocenters. The van der Waals surface area contributed by atoms with Gasteiger partial charge < -0.3 is 9.84 Å². The van der Waals surface area contributed by atoms with E-state index >= 15 is 0 Å². The van der Waals surface area contributed by atoms with E-state index in [1.165, 1.54) is 24.5 Å². The van der Waals surface area contributed by atoms with Crippen LogP contribution in [0.5, 0.6) is 0 Å². The number of benzene rings is 1. The Kier molecular flexibility index (Phi) is 5.56. The Balaban J connectivity index is 1.47. The Hall–Kier alpha value is -3.17. The van der Waals surface area contributed by atoms with Crippen LogP contribution in [0.15, 0.2) is 47.5 Å². The summed E-state index contributed by atoms with van der Waals surface area (Å²) in [6, 6.07) is 4.16. The molecular formula is C19H15Cl2FN6O2. The lowest BCUT2D eigenvalue weighted by Gasteiger charge is -2.05. The highest BCUT2D eigenvalue weighted by Gasteiger charge is 2.21. The Morgan fingerprint density at radius 3 is 2.67 bits per heavy atom. The largest absolute Gasteiger partial charge is 0.361 e. The molecule has 3 heterocycles. The van der Waals surface area contributed by atoms with Crippen molar-refractivity contribution in [2.24, 2.45) is 0 Å². The van der Waals surface area contributed by atoms with Crippen LogP contribution in [0.1, 0.15) is 27.4 Å². The molecule has 0 fully saturated rings. The third-order valence-electron chi connectivity index (χ3n) is 4.36. The second-order valence-electron chi connectivity index (χ2n) is 6.54. The molecule has 4 rings (SSSR count). The van der Waals surface area contributed by atoms with Crippen molar-refractivity contribution < 1.29 is 13.7 Å². The average molecular weight is 449 g/mol. The average Bonchev–Trinajstić information content (AvgIpc) is 3.40. The van der Waals surface area contributed by atoms with Crippen LogP contribution in [0.25, 0.3) is 0 Å². The lowest BCUT2D eigenvalue weighted by atomic mass is 10.2. The van der Waals surface area contributed by atoms with Gasteiger partial charge in [0.2, 0.25) is 0 Å². The number of nitrogens with zero attached hydrogens (tertiary/aromatic N) is 5. The van der Waals surface area contributed by atoms with E-state index in [1.54, 1.807) is 34.7 Å². The predicted octanol–water partition coefficient (Wildman–Crippen LogP) is 4.17. The second kappa shape index (κ2) is 8.29. The first-order valence-electron chi connectivity index (χ1n) is 8.80. The Bertz CT molecular complexity index is 1220. The maximum atomic E-state index is 13.2. The topological polar surface area (TPSA) is 90.8 Å². The molecule has 0 bridgehead atoms. The van der Waals surface area contributed by atoms with Gasteiger partial charge in [-0.15, -0.1) is 0 Å². The number of hydrogen-bond donors (Lipinski definition) is 1. The maximum Gasteiger partial charge on any atom is 0.278 e. The zero-order valence-electron chi connectivity index (χ0n) is 15.6. The molecule has 1 N–H and O–H groups in total. The lowest BCUT2D eigenvalue weighted by Crippen LogP contribution is -2.15. The quantitative estimate of drug-likeness (QED) is 0.477. The summed E-state index contributed by atoms with van der Waals surface area (Å²) in [6.07, 6.45) is 6.28. The van der Waals surface area contributed by atoms with Gasteiger partial charge in [0.25, 0.3) is 5.91 Å². The van der Waals surface area contributed by atoms with E-state index < -0.39 is 11.7 Å². The SMILES string of the molecule is Cc1onc(C(=O)Nc2cnn(Cc3ccc(F)cc3Cl)c2)c1Cn1cc(Cl)cn1. The number of anilines is 1. The summed E-state index contributed by atoms with van der Waals surface area (Å²) in [6.45, 7) is 2.32. The number of rotatable bonds is 6. The smallest absolute Gasteiger partial charge is 0.278 e. The number of carbonyl (C=O) groups excluding carboxylic acids is 1. The second-order valence-corrected chi connectivity index (χ2v) is 7.38. The van der Waals surface area contributed by atoms with Crippen LogP contribution in [-0.4, -0.2) is 30.6 Å². The molecule has 1 amide bonds. The fraction of sp³-hybridized carbons (Fsp3) is 0.158. The van der Waals surface area contributed by atoms with Crippen molar-refractivity contribution in [1.82, 2.24) is 24.7 Å². The summed E-state index contributed by atoms with van der Waals surface area (Å²) in [5.74, 6) is -0.346. The lowest BCUT2D eigenvalue weighted by molar-refractivity contribution is 0.101. The van der Waals surface area contributed by atoms with Gasteiger partial charge in [0, 0.05) is 23.0 Å². The zero-order valence-corrected chi connectivity index (χ0v) is 17.2. The molecule has 1 aromatic carbocycles. The molecule has 4 aromatic rings. The zero-order chi connectivity index (χ0) is 21.3. The minimum atomic E-state index is -0.445. The van der Waals surface area contributed by atoms with Crippen molar-refractivity contribution >= 4 is 34.8 Å². The first-order chi connectivity index (χ1) is 14.4. The molecule has 11 heteroatoms. The van der Waals surface area contributed by atoms with Crippen LogP contribution < -0.4 is 5.32 Å². The number of carbonyl (C=O) groups is 1. The van der Waals surface area contributed by atoms with Gasteiger partial charge >= 0.3 is 0 Å². The standard InChI is InChI=1S/C19H15Cl2FN6O2/c1-11-16(10-28-8-13(20)5-23-28)18(26-30-11)19(29)25-15-6-24-27(9-15)7-12-2-3-14(22)4-17(12)21/h2-6,8-9H,7,10H2,1H3,(H,25,29). The minimum Gasteiger partial charge on any atom is -0.361 e. The summed E-state index contributed by atoms with van der Waals surface area (Å²) < 4.78 is 21.5. The van der Waals surface area contributed by atoms with E-state index in [-0.39, 0.29) is 12.2 Å². The summed E-state index contributed by atoms with van der Waals surface area (Å²) >= 11 is 11.9. The number of amides is 1. The molecule has 3 aromatic heterocycles. The Morgan fingerprint density at radius 2 is 1.93 bits per heavy atom. The van der Waals surface area contributed by atoms with Crippen LogP contribution in [0, 0.1) is 12.7 Å². The van der Waals surface area contributed by atoms with Crippen molar-refractivity contribution in [2.45, 2.75) is 20.0 Å². The number of aryl methyl sites for hydroxylation is 1. The van der Waals surface area contributed by atoms with Crippen LogP contribution in [0.4, 0.5) is 10.1 Å². The van der Waals surface area contributed by atoms with Crippen molar-refractivity contribution in [3.05, 3.63) is 81.4 Å². The van der Waals surface area contributed by atoms with E-state index in [0.717, 1.165) is 0 Å². The third kappa shape index (κ3) is 4.37. The molecule has 0 unspecified atom stereocenters. The summed E-state index contributed by atoms with van der Waals surface area (Å²) in [5.41, 5.74) is 1.91. The molecule has 0 saturated heterocycles. The molecule has 0 radical (unpaired) electrons.